The van der Waals surface area contributed by atoms with Gasteiger partial charge in [-0.1, -0.05) is 0 Å². The van der Waals surface area contributed by atoms with Crippen LogP contribution in [0.4, 0.5) is 0 Å². The third kappa shape index (κ3) is 6.14. The third-order valence-electron chi connectivity index (χ3n) is 3.49. The lowest BCUT2D eigenvalue weighted by molar-refractivity contribution is -0.104. The van der Waals surface area contributed by atoms with Gasteiger partial charge in [-0.05, 0) is 66.2 Å². The molecule has 4 unspecified atom stereocenters. The molecule has 0 aliphatic heterocycles. The van der Waals surface area contributed by atoms with Gasteiger partial charge in [0, 0.05) is 0 Å². The van der Waals surface area contributed by atoms with Crippen LogP contribution in [-0.2, 0) is 0 Å². The predicted molar refractivity (Wildman–Crippen MR) is 72.2 cm³/mol. The second-order valence-corrected chi connectivity index (χ2v) is 6.69. The predicted octanol–water partition coefficient (Wildman–Crippen LogP) is 1.30. The lowest BCUT2D eigenvalue weighted by Gasteiger charge is -2.43. The Morgan fingerprint density at radius 1 is 0.722 bits per heavy atom. The molecule has 0 saturated heterocycles. The van der Waals surface area contributed by atoms with E-state index in [1.54, 1.807) is 41.5 Å². The Bertz CT molecular complexity index is 209. The van der Waals surface area contributed by atoms with Gasteiger partial charge in [0.05, 0.1) is 23.4 Å². The summed E-state index contributed by atoms with van der Waals surface area (Å²) >= 11 is 0. The number of hydrogen-bond acceptors (Lipinski definition) is 4. The summed E-state index contributed by atoms with van der Waals surface area (Å²) in [4.78, 5) is 0. The normalized spacial score (nSPS) is 20.3. The lowest BCUT2D eigenvalue weighted by Crippen LogP contribution is -2.47. The lowest BCUT2D eigenvalue weighted by atomic mass is 9.68. The van der Waals surface area contributed by atoms with Crippen molar-refractivity contribution in [2.24, 2.45) is 11.8 Å². The van der Waals surface area contributed by atoms with Gasteiger partial charge in [-0.25, -0.2) is 0 Å². The average molecular weight is 262 g/mol. The van der Waals surface area contributed by atoms with Crippen molar-refractivity contribution in [2.75, 3.05) is 0 Å². The average Bonchev–Trinajstić information content (AvgIpc) is 2.06. The molecule has 4 heteroatoms. The molecule has 0 bridgehead atoms. The van der Waals surface area contributed by atoms with E-state index in [4.69, 9.17) is 0 Å². The van der Waals surface area contributed by atoms with Gasteiger partial charge in [-0.15, -0.1) is 0 Å². The highest BCUT2D eigenvalue weighted by Gasteiger charge is 2.42. The Balaban J connectivity index is 5.21. The summed E-state index contributed by atoms with van der Waals surface area (Å²) in [5.41, 5.74) is -2.03. The monoisotopic (exact) mass is 262 g/mol. The van der Waals surface area contributed by atoms with Crippen molar-refractivity contribution in [3.05, 3.63) is 0 Å². The van der Waals surface area contributed by atoms with Gasteiger partial charge < -0.3 is 20.4 Å². The maximum Gasteiger partial charge on any atom is 0.0624 e. The molecule has 0 saturated carbocycles. The van der Waals surface area contributed by atoms with Crippen LogP contribution in [0.5, 0.6) is 0 Å². The van der Waals surface area contributed by atoms with Gasteiger partial charge in [-0.2, -0.15) is 0 Å². The largest absolute Gasteiger partial charge is 0.393 e. The molecule has 4 atom stereocenters. The van der Waals surface area contributed by atoms with Crippen LogP contribution in [-0.4, -0.2) is 43.8 Å². The van der Waals surface area contributed by atoms with Crippen LogP contribution in [0, 0.1) is 11.8 Å². The molecule has 4 N–H and O–H groups in total. The number of aliphatic hydroxyl groups excluding tert-OH is 2. The van der Waals surface area contributed by atoms with Crippen LogP contribution in [0.2, 0.25) is 0 Å². The van der Waals surface area contributed by atoms with Gasteiger partial charge >= 0.3 is 0 Å². The van der Waals surface area contributed by atoms with Gasteiger partial charge in [0.25, 0.3) is 0 Å². The molecular formula is C14H30O4. The second-order valence-electron chi connectivity index (χ2n) is 6.69. The van der Waals surface area contributed by atoms with E-state index in [-0.39, 0.29) is 11.8 Å². The van der Waals surface area contributed by atoms with Crippen molar-refractivity contribution >= 4 is 0 Å². The first-order valence-corrected chi connectivity index (χ1v) is 6.66. The number of rotatable bonds is 7. The molecule has 18 heavy (non-hydrogen) atoms. The van der Waals surface area contributed by atoms with Crippen molar-refractivity contribution in [3.63, 3.8) is 0 Å². The van der Waals surface area contributed by atoms with Crippen LogP contribution >= 0.6 is 0 Å². The molecule has 0 aliphatic carbocycles. The SMILES string of the molecule is CC(O)CC(C(CC(C)O)C(C)(C)O)C(C)(C)O. The summed E-state index contributed by atoms with van der Waals surface area (Å²) in [5, 5.41) is 39.7. The van der Waals surface area contributed by atoms with Gasteiger partial charge in [0.15, 0.2) is 0 Å². The molecule has 0 aromatic rings. The molecular weight excluding hydrogens is 232 g/mol. The van der Waals surface area contributed by atoms with Crippen LogP contribution in [0.3, 0.4) is 0 Å². The zero-order chi connectivity index (χ0) is 14.7. The fourth-order valence-corrected chi connectivity index (χ4v) is 2.63. The van der Waals surface area contributed by atoms with Crippen molar-refractivity contribution in [2.45, 2.75) is 77.8 Å². The Morgan fingerprint density at radius 3 is 1.06 bits per heavy atom. The van der Waals surface area contributed by atoms with Crippen LogP contribution in [0.1, 0.15) is 54.4 Å². The van der Waals surface area contributed by atoms with Crippen LogP contribution in [0.15, 0.2) is 0 Å². The summed E-state index contributed by atoms with van der Waals surface area (Å²) in [7, 11) is 0. The molecule has 0 rings (SSSR count). The highest BCUT2D eigenvalue weighted by atomic mass is 16.3. The van der Waals surface area contributed by atoms with E-state index in [1.165, 1.54) is 0 Å². The molecule has 0 radical (unpaired) electrons. The standard InChI is InChI=1S/C14H30O4/c1-9(15)7-11(13(3,4)17)12(8-10(2)16)14(5,6)18/h9-12,15-18H,7-8H2,1-6H3. The Hall–Kier alpha value is -0.160. The van der Waals surface area contributed by atoms with Crippen LogP contribution in [0.25, 0.3) is 0 Å². The molecule has 4 nitrogen and oxygen atoms in total. The molecule has 0 spiro atoms. The smallest absolute Gasteiger partial charge is 0.0624 e. The summed E-state index contributed by atoms with van der Waals surface area (Å²) in [6, 6.07) is 0. The first-order valence-electron chi connectivity index (χ1n) is 6.66. The fourth-order valence-electron chi connectivity index (χ4n) is 2.63. The molecule has 0 aromatic carbocycles. The molecule has 0 aliphatic rings. The van der Waals surface area contributed by atoms with Crippen LogP contribution < -0.4 is 0 Å². The summed E-state index contributed by atoms with van der Waals surface area (Å²) < 4.78 is 0. The quantitative estimate of drug-likeness (QED) is 0.557. The maximum absolute atomic E-state index is 10.3. The molecule has 110 valence electrons. The van der Waals surface area contributed by atoms with Crippen molar-refractivity contribution in [1.82, 2.24) is 0 Å². The minimum atomic E-state index is -1.02. The molecule has 0 fully saturated rings. The van der Waals surface area contributed by atoms with E-state index in [0.29, 0.717) is 12.8 Å². The number of aliphatic hydroxyl groups is 4. The minimum Gasteiger partial charge on any atom is -0.393 e. The van der Waals surface area contributed by atoms with E-state index in [0.717, 1.165) is 0 Å². The summed E-state index contributed by atoms with van der Waals surface area (Å²) in [6.07, 6.45) is -0.323. The molecule has 0 heterocycles. The topological polar surface area (TPSA) is 80.9 Å². The first-order chi connectivity index (χ1) is 7.85. The summed E-state index contributed by atoms with van der Waals surface area (Å²) in [6.45, 7) is 10.1. The summed E-state index contributed by atoms with van der Waals surface area (Å²) in [5.74, 6) is -0.570. The Morgan fingerprint density at radius 2 is 0.944 bits per heavy atom. The number of hydrogen-bond donors (Lipinski definition) is 4. The van der Waals surface area contributed by atoms with Gasteiger partial charge in [0.2, 0.25) is 0 Å². The molecule has 0 aromatic heterocycles. The van der Waals surface area contributed by atoms with Crippen molar-refractivity contribution in [1.29, 1.82) is 0 Å². The third-order valence-corrected chi connectivity index (χ3v) is 3.49. The highest BCUT2D eigenvalue weighted by molar-refractivity contribution is 4.92. The van der Waals surface area contributed by atoms with E-state index in [2.05, 4.69) is 0 Å². The van der Waals surface area contributed by atoms with E-state index < -0.39 is 23.4 Å². The second kappa shape index (κ2) is 6.33. The van der Waals surface area contributed by atoms with Gasteiger partial charge in [-0.3, -0.25) is 0 Å². The van der Waals surface area contributed by atoms with E-state index >= 15 is 0 Å². The van der Waals surface area contributed by atoms with Crippen molar-refractivity contribution < 1.29 is 20.4 Å². The van der Waals surface area contributed by atoms with E-state index in [1.807, 2.05) is 0 Å². The zero-order valence-corrected chi connectivity index (χ0v) is 12.5. The van der Waals surface area contributed by atoms with E-state index in [9.17, 15) is 20.4 Å². The van der Waals surface area contributed by atoms with Gasteiger partial charge in [0.1, 0.15) is 0 Å². The van der Waals surface area contributed by atoms with Crippen molar-refractivity contribution in [3.8, 4) is 0 Å². The first kappa shape index (κ1) is 17.8. The Labute approximate surface area is 111 Å². The minimum absolute atomic E-state index is 0.285. The fraction of sp³-hybridized carbons (Fsp3) is 1.00. The molecule has 0 amide bonds. The maximum atomic E-state index is 10.3. The Kier molecular flexibility index (Phi) is 6.27. The highest BCUT2D eigenvalue weighted by Crippen LogP contribution is 2.38. The zero-order valence-electron chi connectivity index (χ0n) is 12.5.